The second-order valence-electron chi connectivity index (χ2n) is 6.75. The van der Waals surface area contributed by atoms with Crippen LogP contribution in [0.4, 0.5) is 13.2 Å². The van der Waals surface area contributed by atoms with Gasteiger partial charge >= 0.3 is 5.97 Å². The van der Waals surface area contributed by atoms with E-state index in [0.717, 1.165) is 11.3 Å². The molecule has 164 valence electrons. The third-order valence-corrected chi connectivity index (χ3v) is 4.92. The molecule has 31 heavy (non-hydrogen) atoms. The van der Waals surface area contributed by atoms with Crippen molar-refractivity contribution in [1.82, 2.24) is 9.78 Å². The number of benzene rings is 2. The molecule has 0 radical (unpaired) electrons. The fourth-order valence-corrected chi connectivity index (χ4v) is 3.17. The number of carbonyl (C=O) groups is 1. The molecule has 2 aromatic carbocycles. The molecule has 0 aliphatic carbocycles. The molecule has 1 unspecified atom stereocenters. The summed E-state index contributed by atoms with van der Waals surface area (Å²) in [4.78, 5) is 11.8. The number of alkyl halides is 1. The molecule has 0 fully saturated rings. The van der Waals surface area contributed by atoms with Gasteiger partial charge in [-0.05, 0) is 37.6 Å². The topological polar surface area (TPSA) is 53.4 Å². The summed E-state index contributed by atoms with van der Waals surface area (Å²) >= 11 is 6.49. The lowest BCUT2D eigenvalue weighted by Gasteiger charge is -2.13. The quantitative estimate of drug-likeness (QED) is 0.342. The monoisotopic (exact) mass is 452 g/mol. The van der Waals surface area contributed by atoms with Crippen molar-refractivity contribution in [3.8, 4) is 5.75 Å². The van der Waals surface area contributed by atoms with E-state index in [2.05, 4.69) is 5.10 Å². The molecule has 3 aromatic rings. The molecule has 0 aliphatic heterocycles. The van der Waals surface area contributed by atoms with Crippen LogP contribution in [0.2, 0.25) is 0 Å². The van der Waals surface area contributed by atoms with E-state index >= 15 is 0 Å². The van der Waals surface area contributed by atoms with Gasteiger partial charge in [0, 0.05) is 17.8 Å². The van der Waals surface area contributed by atoms with Crippen molar-refractivity contribution in [2.45, 2.75) is 32.4 Å². The van der Waals surface area contributed by atoms with Gasteiger partial charge in [-0.25, -0.2) is 18.0 Å². The molecule has 0 amide bonds. The molecule has 0 saturated heterocycles. The summed E-state index contributed by atoms with van der Waals surface area (Å²) < 4.78 is 52.4. The highest BCUT2D eigenvalue weighted by molar-refractivity contribution is 6.20. The Kier molecular flexibility index (Phi) is 7.22. The van der Waals surface area contributed by atoms with Gasteiger partial charge in [-0.15, -0.1) is 11.6 Å². The molecule has 1 atom stereocenters. The number of aromatic nitrogens is 2. The minimum Gasteiger partial charge on any atom is -0.489 e. The van der Waals surface area contributed by atoms with Crippen LogP contribution < -0.4 is 4.74 Å². The molecule has 1 heterocycles. The van der Waals surface area contributed by atoms with Crippen LogP contribution in [0.25, 0.3) is 0 Å². The standard InChI is InChI=1S/C22H20ClF3N2O3/c1-3-30-22(29)21-8-13(2)28(27-21)11-18(23)14-4-6-16(7-5-14)31-12-17-19(25)9-15(24)10-20(17)26/h4-10,18H,3,11-12H2,1-2H3. The molecule has 0 saturated carbocycles. The first-order valence-corrected chi connectivity index (χ1v) is 9.94. The SMILES string of the molecule is CCOC(=O)c1cc(C)n(CC(Cl)c2ccc(OCc3c(F)cc(F)cc3F)cc2)n1. The predicted octanol–water partition coefficient (Wildman–Crippen LogP) is 5.34. The highest BCUT2D eigenvalue weighted by Gasteiger charge is 2.17. The Morgan fingerprint density at radius 1 is 1.13 bits per heavy atom. The van der Waals surface area contributed by atoms with Crippen LogP contribution >= 0.6 is 11.6 Å². The number of hydrogen-bond acceptors (Lipinski definition) is 4. The van der Waals surface area contributed by atoms with Crippen molar-refractivity contribution < 1.29 is 27.4 Å². The molecule has 0 bridgehead atoms. The number of halogens is 4. The van der Waals surface area contributed by atoms with Crippen LogP contribution in [0.15, 0.2) is 42.5 Å². The number of aryl methyl sites for hydroxylation is 1. The summed E-state index contributed by atoms with van der Waals surface area (Å²) in [5, 5.41) is 3.78. The zero-order valence-corrected chi connectivity index (χ0v) is 17.6. The minimum absolute atomic E-state index is 0.215. The maximum absolute atomic E-state index is 13.7. The highest BCUT2D eigenvalue weighted by Crippen LogP contribution is 2.26. The van der Waals surface area contributed by atoms with Crippen molar-refractivity contribution in [2.75, 3.05) is 6.61 Å². The van der Waals surface area contributed by atoms with Crippen molar-refractivity contribution in [3.05, 3.63) is 82.4 Å². The number of hydrogen-bond donors (Lipinski definition) is 0. The lowest BCUT2D eigenvalue weighted by atomic mass is 10.1. The maximum Gasteiger partial charge on any atom is 0.358 e. The van der Waals surface area contributed by atoms with E-state index in [1.807, 2.05) is 6.92 Å². The predicted molar refractivity (Wildman–Crippen MR) is 109 cm³/mol. The summed E-state index contributed by atoms with van der Waals surface area (Å²) in [6.07, 6.45) is 0. The number of esters is 1. The Balaban J connectivity index is 1.63. The molecular weight excluding hydrogens is 433 g/mol. The third kappa shape index (κ3) is 5.58. The molecule has 3 rings (SSSR count). The summed E-state index contributed by atoms with van der Waals surface area (Å²) in [6, 6.07) is 9.51. The van der Waals surface area contributed by atoms with Crippen molar-refractivity contribution in [3.63, 3.8) is 0 Å². The zero-order chi connectivity index (χ0) is 22.5. The smallest absolute Gasteiger partial charge is 0.358 e. The first-order chi connectivity index (χ1) is 14.8. The van der Waals surface area contributed by atoms with Gasteiger partial charge in [0.25, 0.3) is 0 Å². The van der Waals surface area contributed by atoms with Crippen molar-refractivity contribution >= 4 is 17.6 Å². The van der Waals surface area contributed by atoms with Gasteiger partial charge in [0.15, 0.2) is 5.69 Å². The summed E-state index contributed by atoms with van der Waals surface area (Å²) in [5.74, 6) is -3.13. The average molecular weight is 453 g/mol. The number of carbonyl (C=O) groups excluding carboxylic acids is 1. The van der Waals surface area contributed by atoms with Crippen LogP contribution in [0.1, 0.15) is 39.6 Å². The molecule has 9 heteroatoms. The van der Waals surface area contributed by atoms with Gasteiger partial charge in [0.05, 0.1) is 24.1 Å². The van der Waals surface area contributed by atoms with Crippen LogP contribution in [0.3, 0.4) is 0 Å². The molecule has 0 aliphatic rings. The largest absolute Gasteiger partial charge is 0.489 e. The fourth-order valence-electron chi connectivity index (χ4n) is 2.90. The van der Waals surface area contributed by atoms with E-state index < -0.39 is 28.8 Å². The van der Waals surface area contributed by atoms with Gasteiger partial charge in [0.1, 0.15) is 29.8 Å². The third-order valence-electron chi connectivity index (χ3n) is 4.53. The lowest BCUT2D eigenvalue weighted by molar-refractivity contribution is 0.0518. The Hall–Kier alpha value is -3.00. The van der Waals surface area contributed by atoms with Crippen LogP contribution in [0, 0.1) is 24.4 Å². The summed E-state index contributed by atoms with van der Waals surface area (Å²) in [6.45, 7) is 3.72. The lowest BCUT2D eigenvalue weighted by Crippen LogP contribution is -2.10. The fraction of sp³-hybridized carbons (Fsp3) is 0.273. The van der Waals surface area contributed by atoms with E-state index in [1.54, 1.807) is 41.9 Å². The maximum atomic E-state index is 13.7. The molecule has 5 nitrogen and oxygen atoms in total. The van der Waals surface area contributed by atoms with E-state index in [4.69, 9.17) is 21.1 Å². The first kappa shape index (κ1) is 22.7. The molecule has 1 aromatic heterocycles. The number of ether oxygens (including phenoxy) is 2. The Bertz CT molecular complexity index is 1050. The van der Waals surface area contributed by atoms with E-state index in [0.29, 0.717) is 24.4 Å². The first-order valence-electron chi connectivity index (χ1n) is 9.50. The van der Waals surface area contributed by atoms with E-state index in [-0.39, 0.29) is 24.5 Å². The van der Waals surface area contributed by atoms with Crippen LogP contribution in [-0.4, -0.2) is 22.4 Å². The van der Waals surface area contributed by atoms with Gasteiger partial charge in [-0.1, -0.05) is 12.1 Å². The molecule has 0 N–H and O–H groups in total. The average Bonchev–Trinajstić information content (AvgIpc) is 3.08. The normalized spacial score (nSPS) is 11.9. The Morgan fingerprint density at radius 2 is 1.77 bits per heavy atom. The van der Waals surface area contributed by atoms with E-state index in [9.17, 15) is 18.0 Å². The highest BCUT2D eigenvalue weighted by atomic mass is 35.5. The van der Waals surface area contributed by atoms with Gasteiger partial charge < -0.3 is 9.47 Å². The van der Waals surface area contributed by atoms with Gasteiger partial charge in [0.2, 0.25) is 0 Å². The second-order valence-corrected chi connectivity index (χ2v) is 7.27. The Labute approximate surface area is 182 Å². The van der Waals surface area contributed by atoms with Crippen LogP contribution in [-0.2, 0) is 17.9 Å². The number of nitrogens with zero attached hydrogens (tertiary/aromatic N) is 2. The Morgan fingerprint density at radius 3 is 2.39 bits per heavy atom. The van der Waals surface area contributed by atoms with Crippen LogP contribution in [0.5, 0.6) is 5.75 Å². The minimum atomic E-state index is -1.01. The zero-order valence-electron chi connectivity index (χ0n) is 16.9. The molecule has 0 spiro atoms. The van der Waals surface area contributed by atoms with E-state index in [1.165, 1.54) is 0 Å². The summed E-state index contributed by atoms with van der Waals surface area (Å²) in [5.41, 5.74) is 1.39. The van der Waals surface area contributed by atoms with Crippen molar-refractivity contribution in [1.29, 1.82) is 0 Å². The van der Waals surface area contributed by atoms with Gasteiger partial charge in [-0.3, -0.25) is 4.68 Å². The van der Waals surface area contributed by atoms with Gasteiger partial charge in [-0.2, -0.15) is 5.10 Å². The second kappa shape index (κ2) is 9.87. The summed E-state index contributed by atoms with van der Waals surface area (Å²) in [7, 11) is 0. The van der Waals surface area contributed by atoms with Crippen molar-refractivity contribution in [2.24, 2.45) is 0 Å². The number of rotatable bonds is 8. The molecular formula is C22H20ClF3N2O3.